The summed E-state index contributed by atoms with van der Waals surface area (Å²) in [7, 11) is 0. The van der Waals surface area contributed by atoms with E-state index in [1.165, 1.54) is 12.5 Å². The van der Waals surface area contributed by atoms with Gasteiger partial charge in [0.2, 0.25) is 0 Å². The highest BCUT2D eigenvalue weighted by Gasteiger charge is 2.09. The summed E-state index contributed by atoms with van der Waals surface area (Å²) < 4.78 is 0. The van der Waals surface area contributed by atoms with Crippen LogP contribution >= 0.6 is 0 Å². The molecule has 0 spiro atoms. The lowest BCUT2D eigenvalue weighted by Gasteiger charge is -2.08. The molecule has 70 valence electrons. The van der Waals surface area contributed by atoms with Crippen molar-refractivity contribution in [1.29, 1.82) is 0 Å². The number of carbonyl (C=O) groups excluding carboxylic acids is 1. The van der Waals surface area contributed by atoms with Gasteiger partial charge in [0.25, 0.3) is 0 Å². The Balaban J connectivity index is 2.85. The number of carbonyl (C=O) groups is 1. The molecule has 0 aliphatic rings. The highest BCUT2D eigenvalue weighted by Crippen LogP contribution is 2.12. The molecule has 2 heteroatoms. The number of ketones is 1. The second-order valence-corrected chi connectivity index (χ2v) is 3.18. The van der Waals surface area contributed by atoms with Gasteiger partial charge in [-0.25, -0.2) is 0 Å². The molecule has 1 atom stereocenters. The monoisotopic (exact) mass is 177 g/mol. The highest BCUT2D eigenvalue weighted by molar-refractivity contribution is 5.82. The van der Waals surface area contributed by atoms with Crippen molar-refractivity contribution in [2.45, 2.75) is 26.3 Å². The topological polar surface area (TPSA) is 43.1 Å². The first-order valence-corrected chi connectivity index (χ1v) is 4.50. The summed E-state index contributed by atoms with van der Waals surface area (Å²) in [6.45, 7) is 3.61. The second-order valence-electron chi connectivity index (χ2n) is 3.18. The lowest BCUT2D eigenvalue weighted by Crippen LogP contribution is -2.18. The molecule has 1 unspecified atom stereocenters. The van der Waals surface area contributed by atoms with E-state index >= 15 is 0 Å². The number of Topliss-reactive ketones (excluding diaryl/α,β-unsaturated/α-hetero) is 1. The molecular formula is C11H15NO. The predicted octanol–water partition coefficient (Wildman–Crippen LogP) is 1.84. The highest BCUT2D eigenvalue weighted by atomic mass is 16.1. The Labute approximate surface area is 78.8 Å². The minimum absolute atomic E-state index is 0.00393. The third-order valence-electron chi connectivity index (χ3n) is 2.19. The first-order valence-electron chi connectivity index (χ1n) is 4.50. The molecule has 2 nitrogen and oxygen atoms in total. The molecule has 0 bridgehead atoms. The van der Waals surface area contributed by atoms with E-state index in [2.05, 4.69) is 6.92 Å². The fraction of sp³-hybridized carbons (Fsp3) is 0.364. The van der Waals surface area contributed by atoms with Crippen LogP contribution in [0.15, 0.2) is 24.3 Å². The van der Waals surface area contributed by atoms with Crippen molar-refractivity contribution in [2.24, 2.45) is 5.73 Å². The molecule has 13 heavy (non-hydrogen) atoms. The summed E-state index contributed by atoms with van der Waals surface area (Å²) in [5.41, 5.74) is 7.84. The van der Waals surface area contributed by atoms with Crippen LogP contribution in [-0.2, 0) is 11.2 Å². The molecule has 2 N–H and O–H groups in total. The van der Waals surface area contributed by atoms with Crippen molar-refractivity contribution in [3.8, 4) is 0 Å². The van der Waals surface area contributed by atoms with Crippen molar-refractivity contribution in [3.05, 3.63) is 35.4 Å². The van der Waals surface area contributed by atoms with Crippen molar-refractivity contribution < 1.29 is 4.79 Å². The quantitative estimate of drug-likeness (QED) is 0.765. The fourth-order valence-electron chi connectivity index (χ4n) is 1.20. The summed E-state index contributed by atoms with van der Waals surface area (Å²) in [6.07, 6.45) is 1.01. The summed E-state index contributed by atoms with van der Waals surface area (Å²) in [4.78, 5) is 11.0. The third kappa shape index (κ3) is 2.39. The maximum Gasteiger partial charge on any atom is 0.150 e. The van der Waals surface area contributed by atoms with Crippen LogP contribution in [0.5, 0.6) is 0 Å². The maximum absolute atomic E-state index is 11.0. The van der Waals surface area contributed by atoms with E-state index in [-0.39, 0.29) is 5.78 Å². The maximum atomic E-state index is 11.0. The van der Waals surface area contributed by atoms with Crippen LogP contribution in [0.3, 0.4) is 0 Å². The van der Waals surface area contributed by atoms with Crippen LogP contribution < -0.4 is 5.73 Å². The van der Waals surface area contributed by atoms with Crippen molar-refractivity contribution >= 4 is 5.78 Å². The SMILES string of the molecule is CCc1ccc(C(N)C(C)=O)cc1. The minimum Gasteiger partial charge on any atom is -0.318 e. The van der Waals surface area contributed by atoms with Gasteiger partial charge in [-0.05, 0) is 24.5 Å². The van der Waals surface area contributed by atoms with Crippen LogP contribution in [0, 0.1) is 0 Å². The van der Waals surface area contributed by atoms with Gasteiger partial charge in [-0.3, -0.25) is 4.79 Å². The summed E-state index contributed by atoms with van der Waals surface area (Å²) >= 11 is 0. The molecule has 1 rings (SSSR count). The Bertz CT molecular complexity index is 289. The predicted molar refractivity (Wildman–Crippen MR) is 53.4 cm³/mol. The molecule has 0 amide bonds. The third-order valence-corrected chi connectivity index (χ3v) is 2.19. The molecule has 0 radical (unpaired) electrons. The van der Waals surface area contributed by atoms with Gasteiger partial charge in [0.1, 0.15) is 0 Å². The van der Waals surface area contributed by atoms with E-state index < -0.39 is 6.04 Å². The zero-order chi connectivity index (χ0) is 9.84. The molecule has 0 saturated carbocycles. The number of benzene rings is 1. The Morgan fingerprint density at radius 2 is 1.92 bits per heavy atom. The van der Waals surface area contributed by atoms with Gasteiger partial charge in [0, 0.05) is 0 Å². The largest absolute Gasteiger partial charge is 0.318 e. The number of nitrogens with two attached hydrogens (primary N) is 1. The van der Waals surface area contributed by atoms with Crippen LogP contribution in [0.4, 0.5) is 0 Å². The summed E-state index contributed by atoms with van der Waals surface area (Å²) in [5.74, 6) is 0.00393. The molecule has 1 aromatic carbocycles. The minimum atomic E-state index is -0.467. The average Bonchev–Trinajstić information content (AvgIpc) is 2.17. The Morgan fingerprint density at radius 1 is 1.38 bits per heavy atom. The van der Waals surface area contributed by atoms with Crippen molar-refractivity contribution in [1.82, 2.24) is 0 Å². The summed E-state index contributed by atoms with van der Waals surface area (Å²) in [6, 6.07) is 7.40. The van der Waals surface area contributed by atoms with Gasteiger partial charge in [-0.2, -0.15) is 0 Å². The Hall–Kier alpha value is -1.15. The molecule has 0 aliphatic carbocycles. The van der Waals surface area contributed by atoms with Crippen LogP contribution in [-0.4, -0.2) is 5.78 Å². The molecule has 0 fully saturated rings. The molecule has 0 aliphatic heterocycles. The standard InChI is InChI=1S/C11H15NO/c1-3-9-4-6-10(7-5-9)11(12)8(2)13/h4-7,11H,3,12H2,1-2H3. The number of rotatable bonds is 3. The second kappa shape index (κ2) is 4.19. The van der Waals surface area contributed by atoms with E-state index in [4.69, 9.17) is 5.73 Å². The van der Waals surface area contributed by atoms with Crippen LogP contribution in [0.2, 0.25) is 0 Å². The zero-order valence-electron chi connectivity index (χ0n) is 8.08. The molecule has 1 aromatic rings. The number of hydrogen-bond donors (Lipinski definition) is 1. The van der Waals surface area contributed by atoms with E-state index in [0.29, 0.717) is 0 Å². The van der Waals surface area contributed by atoms with Crippen molar-refractivity contribution in [2.75, 3.05) is 0 Å². The van der Waals surface area contributed by atoms with E-state index in [0.717, 1.165) is 12.0 Å². The van der Waals surface area contributed by atoms with Gasteiger partial charge in [-0.1, -0.05) is 31.2 Å². The average molecular weight is 177 g/mol. The summed E-state index contributed by atoms with van der Waals surface area (Å²) in [5, 5.41) is 0. The lowest BCUT2D eigenvalue weighted by molar-refractivity contribution is -0.118. The molecule has 0 heterocycles. The molecule has 0 aromatic heterocycles. The van der Waals surface area contributed by atoms with E-state index in [9.17, 15) is 4.79 Å². The fourth-order valence-corrected chi connectivity index (χ4v) is 1.20. The lowest BCUT2D eigenvalue weighted by atomic mass is 10.0. The Morgan fingerprint density at radius 3 is 2.31 bits per heavy atom. The first kappa shape index (κ1) is 9.93. The zero-order valence-corrected chi connectivity index (χ0v) is 8.08. The van der Waals surface area contributed by atoms with Gasteiger partial charge >= 0.3 is 0 Å². The van der Waals surface area contributed by atoms with Gasteiger partial charge in [-0.15, -0.1) is 0 Å². The van der Waals surface area contributed by atoms with E-state index in [1.54, 1.807) is 0 Å². The van der Waals surface area contributed by atoms with Crippen molar-refractivity contribution in [3.63, 3.8) is 0 Å². The smallest absolute Gasteiger partial charge is 0.150 e. The van der Waals surface area contributed by atoms with Crippen LogP contribution in [0.1, 0.15) is 31.0 Å². The Kier molecular flexibility index (Phi) is 3.20. The number of hydrogen-bond acceptors (Lipinski definition) is 2. The normalized spacial score (nSPS) is 12.5. The van der Waals surface area contributed by atoms with Crippen LogP contribution in [0.25, 0.3) is 0 Å². The van der Waals surface area contributed by atoms with E-state index in [1.807, 2.05) is 24.3 Å². The van der Waals surface area contributed by atoms with Gasteiger partial charge in [0.05, 0.1) is 6.04 Å². The molecular weight excluding hydrogens is 162 g/mol. The number of aryl methyl sites for hydroxylation is 1. The van der Waals surface area contributed by atoms with Gasteiger partial charge in [0.15, 0.2) is 5.78 Å². The van der Waals surface area contributed by atoms with Gasteiger partial charge < -0.3 is 5.73 Å². The molecule has 0 saturated heterocycles. The first-order chi connectivity index (χ1) is 6.15.